The zero-order valence-corrected chi connectivity index (χ0v) is 30.7. The van der Waals surface area contributed by atoms with Crippen LogP contribution in [0.15, 0.2) is 0 Å². The van der Waals surface area contributed by atoms with E-state index in [0.29, 0.717) is 5.06 Å². The SMILES string of the molecule is C[C@@H]1O[C@H]2OCCNC(=O)CN(CC(=O)NCCOCCOCCC(=O)ON3C(=O)CCC3=O)CC(=O)NCCO[C@@H]3O[C@@H](O[C@H]2[C@H](O)[C@@H]1O)[C@@H](O)[C@@H](O)[C@@H]3O. The number of aliphatic hydroxyl groups excluding tert-OH is 5. The molecule has 56 heavy (non-hydrogen) atoms. The molecule has 4 rings (SSSR count). The van der Waals surface area contributed by atoms with E-state index in [9.17, 15) is 54.3 Å². The summed E-state index contributed by atoms with van der Waals surface area (Å²) in [5.41, 5.74) is 0. The van der Waals surface area contributed by atoms with Crippen molar-refractivity contribution >= 4 is 35.5 Å². The number of imide groups is 1. The molecule has 24 nitrogen and oxygen atoms in total. The zero-order chi connectivity index (χ0) is 40.8. The monoisotopic (exact) mass is 809 g/mol. The van der Waals surface area contributed by atoms with Gasteiger partial charge in [0.25, 0.3) is 11.8 Å². The molecular weight excluding hydrogens is 758 g/mol. The van der Waals surface area contributed by atoms with E-state index in [0.717, 1.165) is 0 Å². The summed E-state index contributed by atoms with van der Waals surface area (Å²) in [6, 6.07) is 0. The smallest absolute Gasteiger partial charge is 0.335 e. The van der Waals surface area contributed by atoms with Crippen LogP contribution in [-0.4, -0.2) is 212 Å². The fraction of sp³-hybridized carbons (Fsp3) is 0.812. The Morgan fingerprint density at radius 1 is 0.732 bits per heavy atom. The third kappa shape index (κ3) is 13.6. The average molecular weight is 810 g/mol. The predicted molar refractivity (Wildman–Crippen MR) is 179 cm³/mol. The number of hydrogen-bond donors (Lipinski definition) is 8. The third-order valence-corrected chi connectivity index (χ3v) is 8.71. The number of carbonyl (C=O) groups excluding carboxylic acids is 6. The van der Waals surface area contributed by atoms with Gasteiger partial charge in [0.2, 0.25) is 17.7 Å². The summed E-state index contributed by atoms with van der Waals surface area (Å²) >= 11 is 0. The number of nitrogens with zero attached hydrogens (tertiary/aromatic N) is 2. The summed E-state index contributed by atoms with van der Waals surface area (Å²) in [5.74, 6) is -3.65. The lowest BCUT2D eigenvalue weighted by molar-refractivity contribution is -0.387. The Balaban J connectivity index is 1.22. The van der Waals surface area contributed by atoms with Crippen molar-refractivity contribution in [2.24, 2.45) is 0 Å². The van der Waals surface area contributed by atoms with E-state index in [-0.39, 0.29) is 98.2 Å². The second-order valence-corrected chi connectivity index (χ2v) is 13.1. The molecule has 5 amide bonds. The van der Waals surface area contributed by atoms with Crippen molar-refractivity contribution in [3.05, 3.63) is 0 Å². The van der Waals surface area contributed by atoms with Crippen molar-refractivity contribution in [1.29, 1.82) is 0 Å². The fourth-order valence-electron chi connectivity index (χ4n) is 5.72. The van der Waals surface area contributed by atoms with Crippen LogP contribution >= 0.6 is 0 Å². The van der Waals surface area contributed by atoms with Crippen molar-refractivity contribution in [2.45, 2.75) is 87.8 Å². The Labute approximate surface area is 320 Å². The van der Waals surface area contributed by atoms with Gasteiger partial charge in [0.1, 0.15) is 36.6 Å². The molecule has 0 spiro atoms. The van der Waals surface area contributed by atoms with E-state index in [2.05, 4.69) is 16.0 Å². The van der Waals surface area contributed by atoms with E-state index >= 15 is 0 Å². The summed E-state index contributed by atoms with van der Waals surface area (Å²) < 4.78 is 38.7. The summed E-state index contributed by atoms with van der Waals surface area (Å²) in [5, 5.41) is 60.8. The molecule has 2 bridgehead atoms. The van der Waals surface area contributed by atoms with Crippen molar-refractivity contribution in [3.8, 4) is 0 Å². The first-order valence-corrected chi connectivity index (χ1v) is 18.1. The zero-order valence-electron chi connectivity index (χ0n) is 30.7. The molecule has 0 aromatic heterocycles. The molecule has 24 heteroatoms. The number of hydrogen-bond acceptors (Lipinski definition) is 20. The molecule has 10 atom stereocenters. The highest BCUT2D eigenvalue weighted by Gasteiger charge is 2.50. The topological polar surface area (TPSA) is 320 Å². The van der Waals surface area contributed by atoms with Crippen LogP contribution in [0.3, 0.4) is 0 Å². The number of rotatable bonds is 12. The first-order valence-electron chi connectivity index (χ1n) is 18.1. The summed E-state index contributed by atoms with van der Waals surface area (Å²) in [4.78, 5) is 79.1. The average Bonchev–Trinajstić information content (AvgIpc) is 3.46. The molecule has 0 saturated carbocycles. The maximum Gasteiger partial charge on any atom is 0.335 e. The van der Waals surface area contributed by atoms with Gasteiger partial charge in [-0.05, 0) is 6.92 Å². The highest BCUT2D eigenvalue weighted by atomic mass is 16.8. The van der Waals surface area contributed by atoms with E-state index in [4.69, 9.17) is 38.0 Å². The number of hydroxylamine groups is 2. The maximum absolute atomic E-state index is 12.8. The van der Waals surface area contributed by atoms with Crippen molar-refractivity contribution in [2.75, 3.05) is 78.9 Å². The van der Waals surface area contributed by atoms with Gasteiger partial charge in [0, 0.05) is 32.5 Å². The lowest BCUT2D eigenvalue weighted by atomic mass is 9.99. The Morgan fingerprint density at radius 2 is 1.32 bits per heavy atom. The van der Waals surface area contributed by atoms with Crippen LogP contribution in [0.25, 0.3) is 0 Å². The second-order valence-electron chi connectivity index (χ2n) is 13.1. The van der Waals surface area contributed by atoms with Crippen LogP contribution in [0.4, 0.5) is 0 Å². The normalized spacial score (nSPS) is 33.0. The Bertz CT molecular complexity index is 1330. The summed E-state index contributed by atoms with van der Waals surface area (Å²) in [6.45, 7) is -0.0201. The number of ether oxygens (including phenoxy) is 7. The van der Waals surface area contributed by atoms with Gasteiger partial charge in [-0.1, -0.05) is 0 Å². The standard InChI is InChI=1S/C32H51N5O19/c1-17-24(44)26(46)29-32(53-17)52-11-7-35-20(40)16-36(15-19(39)34-6-10-51-30-27(47)25(45)28(48)31(54-29)55-30)14-18(38)33-5-9-50-13-12-49-8-4-23(43)56-37-21(41)2-3-22(37)42/h17,24-32,44-48H,2-16H2,1H3,(H,33,38)(H,34,39)(H,35,40)/t17-,24+,25-,26+,27-,28-,29-,30+,31+,32+/m0/s1. The molecule has 4 aliphatic heterocycles. The number of carbonyl (C=O) groups is 6. The summed E-state index contributed by atoms with van der Waals surface area (Å²) in [7, 11) is 0. The number of aliphatic hydroxyl groups is 5. The van der Waals surface area contributed by atoms with Gasteiger partial charge in [-0.3, -0.25) is 28.9 Å². The molecule has 8 N–H and O–H groups in total. The Kier molecular flexibility index (Phi) is 18.1. The van der Waals surface area contributed by atoms with Crippen LogP contribution in [-0.2, 0) is 66.8 Å². The maximum atomic E-state index is 12.8. The van der Waals surface area contributed by atoms with Crippen LogP contribution in [0.5, 0.6) is 0 Å². The molecule has 0 aliphatic carbocycles. The molecule has 4 heterocycles. The lowest BCUT2D eigenvalue weighted by Gasteiger charge is -2.45. The molecule has 4 aliphatic rings. The number of amides is 5. The number of fused-ring (bicyclic) bond motifs is 3. The van der Waals surface area contributed by atoms with Gasteiger partial charge in [-0.15, -0.1) is 5.06 Å². The van der Waals surface area contributed by atoms with E-state index in [1.807, 2.05) is 0 Å². The highest BCUT2D eigenvalue weighted by molar-refractivity contribution is 6.01. The highest BCUT2D eigenvalue weighted by Crippen LogP contribution is 2.30. The Hall–Kier alpha value is -3.50. The molecular formula is C32H51N5O19. The molecule has 4 saturated heterocycles. The van der Waals surface area contributed by atoms with Gasteiger partial charge < -0.3 is 79.5 Å². The van der Waals surface area contributed by atoms with Crippen molar-refractivity contribution < 1.29 is 92.3 Å². The quantitative estimate of drug-likeness (QED) is 0.0671. The molecule has 0 radical (unpaired) electrons. The molecule has 4 fully saturated rings. The van der Waals surface area contributed by atoms with Crippen LogP contribution in [0.1, 0.15) is 26.2 Å². The van der Waals surface area contributed by atoms with Crippen LogP contribution in [0, 0.1) is 0 Å². The molecule has 0 unspecified atom stereocenters. The van der Waals surface area contributed by atoms with E-state index in [1.165, 1.54) is 11.8 Å². The van der Waals surface area contributed by atoms with E-state index < -0.39 is 97.1 Å². The lowest BCUT2D eigenvalue weighted by Crippen LogP contribution is -2.64. The number of nitrogens with one attached hydrogen (secondary N) is 3. The minimum absolute atomic E-state index is 0.0108. The molecule has 318 valence electrons. The molecule has 0 aromatic rings. The van der Waals surface area contributed by atoms with Crippen molar-refractivity contribution in [3.63, 3.8) is 0 Å². The first kappa shape index (κ1) is 45.2. The van der Waals surface area contributed by atoms with E-state index in [1.54, 1.807) is 0 Å². The van der Waals surface area contributed by atoms with Gasteiger partial charge >= 0.3 is 5.97 Å². The largest absolute Gasteiger partial charge is 0.388 e. The fourth-order valence-corrected chi connectivity index (χ4v) is 5.72. The van der Waals surface area contributed by atoms with Crippen LogP contribution in [0.2, 0.25) is 0 Å². The van der Waals surface area contributed by atoms with Crippen molar-refractivity contribution in [1.82, 2.24) is 25.9 Å². The predicted octanol–water partition coefficient (Wildman–Crippen LogP) is -6.67. The minimum Gasteiger partial charge on any atom is -0.388 e. The van der Waals surface area contributed by atoms with Gasteiger partial charge in [-0.25, -0.2) is 4.79 Å². The first-order chi connectivity index (χ1) is 26.7. The Morgan fingerprint density at radius 3 is 1.96 bits per heavy atom. The second kappa shape index (κ2) is 22.4. The van der Waals surface area contributed by atoms with Gasteiger partial charge in [-0.2, -0.15) is 0 Å². The summed E-state index contributed by atoms with van der Waals surface area (Å²) in [6.07, 6.45) is -15.6. The van der Waals surface area contributed by atoms with Crippen LogP contribution < -0.4 is 16.0 Å². The van der Waals surface area contributed by atoms with Gasteiger partial charge in [0.15, 0.2) is 18.9 Å². The van der Waals surface area contributed by atoms with Gasteiger partial charge in [0.05, 0.1) is 71.8 Å². The minimum atomic E-state index is -1.82. The molecule has 0 aromatic carbocycles. The third-order valence-electron chi connectivity index (χ3n) is 8.71.